The fourth-order valence-corrected chi connectivity index (χ4v) is 2.93. The van der Waals surface area contributed by atoms with Crippen molar-refractivity contribution in [3.05, 3.63) is 65.2 Å². The van der Waals surface area contributed by atoms with Gasteiger partial charge in [-0.25, -0.2) is 0 Å². The first-order chi connectivity index (χ1) is 12.4. The molecule has 0 fully saturated rings. The minimum absolute atomic E-state index is 0.333. The van der Waals surface area contributed by atoms with Gasteiger partial charge in [-0.1, -0.05) is 24.3 Å². The molecule has 3 amide bonds. The van der Waals surface area contributed by atoms with Crippen LogP contribution in [-0.2, 0) is 11.3 Å². The lowest BCUT2D eigenvalue weighted by atomic mass is 10.1. The van der Waals surface area contributed by atoms with Crippen LogP contribution in [0.25, 0.3) is 0 Å². The van der Waals surface area contributed by atoms with Crippen LogP contribution in [0.15, 0.2) is 48.5 Å². The maximum Gasteiger partial charge on any atom is 0.262 e. The van der Waals surface area contributed by atoms with Crippen molar-refractivity contribution >= 4 is 23.4 Å². The van der Waals surface area contributed by atoms with E-state index in [0.29, 0.717) is 17.7 Å². The van der Waals surface area contributed by atoms with Crippen LogP contribution >= 0.6 is 0 Å². The molecule has 3 rings (SSSR count). The fourth-order valence-electron chi connectivity index (χ4n) is 2.93. The summed E-state index contributed by atoms with van der Waals surface area (Å²) in [5.74, 6) is -1.22. The van der Waals surface area contributed by atoms with Crippen molar-refractivity contribution in [2.24, 2.45) is 0 Å². The topological polar surface area (TPSA) is 69.7 Å². The molecule has 1 atom stereocenters. The minimum Gasteiger partial charge on any atom is -0.378 e. The van der Waals surface area contributed by atoms with E-state index in [1.54, 1.807) is 31.2 Å². The van der Waals surface area contributed by atoms with Crippen molar-refractivity contribution in [1.29, 1.82) is 0 Å². The summed E-state index contributed by atoms with van der Waals surface area (Å²) in [6.07, 6.45) is 0. The quantitative estimate of drug-likeness (QED) is 0.837. The summed E-state index contributed by atoms with van der Waals surface area (Å²) >= 11 is 0. The van der Waals surface area contributed by atoms with Gasteiger partial charge in [-0.15, -0.1) is 0 Å². The summed E-state index contributed by atoms with van der Waals surface area (Å²) in [5.41, 5.74) is 2.70. The normalized spacial score (nSPS) is 14.2. The van der Waals surface area contributed by atoms with Crippen molar-refractivity contribution < 1.29 is 14.4 Å². The highest BCUT2D eigenvalue weighted by Crippen LogP contribution is 2.24. The minimum atomic E-state index is -0.872. The first-order valence-corrected chi connectivity index (χ1v) is 8.41. The molecule has 0 aliphatic carbocycles. The Hall–Kier alpha value is -3.15. The molecule has 0 spiro atoms. The molecule has 0 aromatic heterocycles. The average Bonchev–Trinajstić information content (AvgIpc) is 2.90. The number of anilines is 1. The van der Waals surface area contributed by atoms with Crippen molar-refractivity contribution in [3.8, 4) is 0 Å². The predicted molar refractivity (Wildman–Crippen MR) is 99.0 cm³/mol. The molecule has 6 nitrogen and oxygen atoms in total. The number of hydrogen-bond acceptors (Lipinski definition) is 4. The summed E-state index contributed by atoms with van der Waals surface area (Å²) in [4.78, 5) is 40.4. The zero-order valence-electron chi connectivity index (χ0n) is 15.0. The molecule has 26 heavy (non-hydrogen) atoms. The molecule has 0 saturated heterocycles. The van der Waals surface area contributed by atoms with Gasteiger partial charge in [-0.05, 0) is 36.8 Å². The zero-order valence-corrected chi connectivity index (χ0v) is 15.0. The Morgan fingerprint density at radius 2 is 1.54 bits per heavy atom. The van der Waals surface area contributed by atoms with Crippen LogP contribution in [0.1, 0.15) is 33.2 Å². The molecular weight excluding hydrogens is 330 g/mol. The SMILES string of the molecule is CC(C(=O)NCc1ccc(N(C)C)cc1)N1C(=O)c2ccccc2C1=O. The molecule has 1 N–H and O–H groups in total. The van der Waals surface area contributed by atoms with Gasteiger partial charge in [0, 0.05) is 26.3 Å². The van der Waals surface area contributed by atoms with Crippen LogP contribution in [0.4, 0.5) is 5.69 Å². The fraction of sp³-hybridized carbons (Fsp3) is 0.250. The molecule has 134 valence electrons. The zero-order chi connectivity index (χ0) is 18.8. The van der Waals surface area contributed by atoms with Crippen LogP contribution < -0.4 is 10.2 Å². The van der Waals surface area contributed by atoms with E-state index in [0.717, 1.165) is 16.2 Å². The highest BCUT2D eigenvalue weighted by atomic mass is 16.2. The molecule has 0 radical (unpaired) electrons. The molecule has 6 heteroatoms. The Labute approximate surface area is 152 Å². The van der Waals surface area contributed by atoms with Gasteiger partial charge in [0.15, 0.2) is 0 Å². The largest absolute Gasteiger partial charge is 0.378 e. The highest BCUT2D eigenvalue weighted by Gasteiger charge is 2.40. The monoisotopic (exact) mass is 351 g/mol. The third-order valence-corrected chi connectivity index (χ3v) is 4.51. The second kappa shape index (κ2) is 7.00. The van der Waals surface area contributed by atoms with Crippen molar-refractivity contribution in [1.82, 2.24) is 10.2 Å². The van der Waals surface area contributed by atoms with E-state index in [-0.39, 0.29) is 5.91 Å². The van der Waals surface area contributed by atoms with E-state index in [1.165, 1.54) is 0 Å². The maximum absolute atomic E-state index is 12.5. The van der Waals surface area contributed by atoms with Gasteiger partial charge in [-0.3, -0.25) is 19.3 Å². The van der Waals surface area contributed by atoms with Gasteiger partial charge in [0.05, 0.1) is 11.1 Å². The second-order valence-corrected chi connectivity index (χ2v) is 6.48. The van der Waals surface area contributed by atoms with Gasteiger partial charge in [0.25, 0.3) is 11.8 Å². The van der Waals surface area contributed by atoms with Crippen molar-refractivity contribution in [2.45, 2.75) is 19.5 Å². The number of carbonyl (C=O) groups excluding carboxylic acids is 3. The summed E-state index contributed by atoms with van der Waals surface area (Å²) in [7, 11) is 3.92. The Kier molecular flexibility index (Phi) is 4.75. The Morgan fingerprint density at radius 3 is 2.04 bits per heavy atom. The molecular formula is C20H21N3O3. The highest BCUT2D eigenvalue weighted by molar-refractivity contribution is 6.22. The van der Waals surface area contributed by atoms with Crippen LogP contribution in [0, 0.1) is 0 Å². The van der Waals surface area contributed by atoms with Crippen LogP contribution in [0.2, 0.25) is 0 Å². The van der Waals surface area contributed by atoms with E-state index < -0.39 is 17.9 Å². The Balaban J connectivity index is 1.65. The van der Waals surface area contributed by atoms with Gasteiger partial charge < -0.3 is 10.2 Å². The Bertz CT molecular complexity index is 824. The molecule has 2 aromatic rings. The third-order valence-electron chi connectivity index (χ3n) is 4.51. The number of carbonyl (C=O) groups is 3. The molecule has 1 unspecified atom stereocenters. The lowest BCUT2D eigenvalue weighted by Gasteiger charge is -2.21. The lowest BCUT2D eigenvalue weighted by molar-refractivity contribution is -0.124. The predicted octanol–water partition coefficient (Wildman–Crippen LogP) is 2.05. The van der Waals surface area contributed by atoms with Gasteiger partial charge in [0.2, 0.25) is 5.91 Å². The molecule has 1 aliphatic rings. The summed E-state index contributed by atoms with van der Waals surface area (Å²) < 4.78 is 0. The molecule has 1 aliphatic heterocycles. The number of nitrogens with one attached hydrogen (secondary N) is 1. The van der Waals surface area contributed by atoms with E-state index in [4.69, 9.17) is 0 Å². The Morgan fingerprint density at radius 1 is 1.00 bits per heavy atom. The van der Waals surface area contributed by atoms with Gasteiger partial charge >= 0.3 is 0 Å². The number of imide groups is 1. The number of amides is 3. The summed E-state index contributed by atoms with van der Waals surface area (Å²) in [6.45, 7) is 1.90. The van der Waals surface area contributed by atoms with E-state index >= 15 is 0 Å². The van der Waals surface area contributed by atoms with E-state index in [2.05, 4.69) is 5.32 Å². The first kappa shape index (κ1) is 17.7. The van der Waals surface area contributed by atoms with Crippen molar-refractivity contribution in [2.75, 3.05) is 19.0 Å². The summed E-state index contributed by atoms with van der Waals surface area (Å²) in [5, 5.41) is 2.79. The molecule has 0 bridgehead atoms. The number of benzene rings is 2. The van der Waals surface area contributed by atoms with E-state index in [1.807, 2.05) is 43.3 Å². The standard InChI is InChI=1S/C20H21N3O3/c1-13(23-19(25)16-6-4-5-7-17(16)20(23)26)18(24)21-12-14-8-10-15(11-9-14)22(2)3/h4-11,13H,12H2,1-3H3,(H,21,24). The van der Waals surface area contributed by atoms with Crippen LogP contribution in [0.5, 0.6) is 0 Å². The maximum atomic E-state index is 12.5. The number of hydrogen-bond donors (Lipinski definition) is 1. The number of rotatable bonds is 5. The van der Waals surface area contributed by atoms with Gasteiger partial charge in [0.1, 0.15) is 6.04 Å². The molecule has 2 aromatic carbocycles. The number of nitrogens with zero attached hydrogens (tertiary/aromatic N) is 2. The third kappa shape index (κ3) is 3.18. The average molecular weight is 351 g/mol. The summed E-state index contributed by atoms with van der Waals surface area (Å²) in [6, 6.07) is 13.5. The second-order valence-electron chi connectivity index (χ2n) is 6.48. The van der Waals surface area contributed by atoms with Crippen LogP contribution in [0.3, 0.4) is 0 Å². The molecule has 0 saturated carbocycles. The lowest BCUT2D eigenvalue weighted by Crippen LogP contribution is -2.47. The van der Waals surface area contributed by atoms with E-state index in [9.17, 15) is 14.4 Å². The molecule has 1 heterocycles. The van der Waals surface area contributed by atoms with Crippen LogP contribution in [-0.4, -0.2) is 42.8 Å². The smallest absolute Gasteiger partial charge is 0.262 e. The number of fused-ring (bicyclic) bond motifs is 1. The van der Waals surface area contributed by atoms with Crippen molar-refractivity contribution in [3.63, 3.8) is 0 Å². The first-order valence-electron chi connectivity index (χ1n) is 8.41. The van der Waals surface area contributed by atoms with Gasteiger partial charge in [-0.2, -0.15) is 0 Å².